The molecule has 0 aromatic heterocycles. The molecule has 0 aliphatic heterocycles. The SMILES string of the molecule is CCC(C)(CC)C(C(=O)OO)=C(C(=O)OO)C(C)(CC)CC. The molecule has 0 heterocycles. The predicted molar refractivity (Wildman–Crippen MR) is 81.8 cm³/mol. The van der Waals surface area contributed by atoms with E-state index < -0.39 is 22.8 Å². The fourth-order valence-corrected chi connectivity index (χ4v) is 2.60. The Balaban J connectivity index is 6.73. The average Bonchev–Trinajstić information content (AvgIpc) is 2.56. The number of hydrogen-bond donors (Lipinski definition) is 2. The molecule has 0 aliphatic rings. The average molecular weight is 316 g/mol. The Morgan fingerprint density at radius 2 is 0.955 bits per heavy atom. The Morgan fingerprint density at radius 3 is 1.09 bits per heavy atom. The first-order valence-electron chi connectivity index (χ1n) is 7.67. The maximum absolute atomic E-state index is 12.2. The van der Waals surface area contributed by atoms with Crippen LogP contribution in [0.3, 0.4) is 0 Å². The van der Waals surface area contributed by atoms with Crippen molar-refractivity contribution in [3.63, 3.8) is 0 Å². The summed E-state index contributed by atoms with van der Waals surface area (Å²) in [4.78, 5) is 32.3. The van der Waals surface area contributed by atoms with Gasteiger partial charge >= 0.3 is 11.9 Å². The van der Waals surface area contributed by atoms with Crippen molar-refractivity contribution in [2.24, 2.45) is 10.8 Å². The van der Waals surface area contributed by atoms with Crippen molar-refractivity contribution in [2.75, 3.05) is 0 Å². The van der Waals surface area contributed by atoms with Gasteiger partial charge in [0.2, 0.25) is 0 Å². The van der Waals surface area contributed by atoms with Gasteiger partial charge in [-0.15, -0.1) is 0 Å². The molecule has 2 N–H and O–H groups in total. The van der Waals surface area contributed by atoms with Crippen LogP contribution in [0.5, 0.6) is 0 Å². The minimum Gasteiger partial charge on any atom is -0.296 e. The highest BCUT2D eigenvalue weighted by Gasteiger charge is 2.43. The van der Waals surface area contributed by atoms with Crippen LogP contribution in [0, 0.1) is 10.8 Å². The molecule has 0 saturated heterocycles. The summed E-state index contributed by atoms with van der Waals surface area (Å²) in [6.45, 7) is 11.2. The minimum atomic E-state index is -0.986. The molecule has 0 fully saturated rings. The van der Waals surface area contributed by atoms with Crippen LogP contribution in [0.2, 0.25) is 0 Å². The van der Waals surface area contributed by atoms with E-state index in [2.05, 4.69) is 9.78 Å². The summed E-state index contributed by atoms with van der Waals surface area (Å²) < 4.78 is 0. The van der Waals surface area contributed by atoms with Crippen LogP contribution in [-0.2, 0) is 19.4 Å². The van der Waals surface area contributed by atoms with E-state index >= 15 is 0 Å². The van der Waals surface area contributed by atoms with E-state index in [0.29, 0.717) is 25.7 Å². The molecule has 0 aliphatic carbocycles. The van der Waals surface area contributed by atoms with Crippen LogP contribution in [0.1, 0.15) is 67.2 Å². The van der Waals surface area contributed by atoms with Crippen LogP contribution >= 0.6 is 0 Å². The molecule has 0 aromatic rings. The molecular weight excluding hydrogens is 288 g/mol. The van der Waals surface area contributed by atoms with Gasteiger partial charge in [-0.05, 0) is 36.5 Å². The van der Waals surface area contributed by atoms with Gasteiger partial charge < -0.3 is 0 Å². The van der Waals surface area contributed by atoms with Crippen molar-refractivity contribution < 1.29 is 29.9 Å². The molecule has 0 bridgehead atoms. The van der Waals surface area contributed by atoms with Crippen molar-refractivity contribution >= 4 is 11.9 Å². The molecule has 0 aromatic carbocycles. The molecule has 0 saturated carbocycles. The largest absolute Gasteiger partial charge is 0.369 e. The van der Waals surface area contributed by atoms with Crippen LogP contribution in [0.15, 0.2) is 11.1 Å². The van der Waals surface area contributed by atoms with Gasteiger partial charge in [-0.25, -0.2) is 9.59 Å². The second-order valence-electron chi connectivity index (χ2n) is 6.04. The summed E-state index contributed by atoms with van der Waals surface area (Å²) in [5.74, 6) is -1.97. The van der Waals surface area contributed by atoms with E-state index in [-0.39, 0.29) is 11.1 Å². The van der Waals surface area contributed by atoms with Crippen molar-refractivity contribution in [2.45, 2.75) is 67.2 Å². The van der Waals surface area contributed by atoms with Crippen molar-refractivity contribution in [1.29, 1.82) is 0 Å². The highest BCUT2D eigenvalue weighted by atomic mass is 17.1. The molecule has 6 nitrogen and oxygen atoms in total. The van der Waals surface area contributed by atoms with Crippen LogP contribution in [0.25, 0.3) is 0 Å². The summed E-state index contributed by atoms with van der Waals surface area (Å²) in [5, 5.41) is 17.8. The Morgan fingerprint density at radius 1 is 0.727 bits per heavy atom. The quantitative estimate of drug-likeness (QED) is 0.400. The van der Waals surface area contributed by atoms with Gasteiger partial charge in [-0.3, -0.25) is 9.78 Å². The predicted octanol–water partition coefficient (Wildman–Crippen LogP) is 3.97. The maximum Gasteiger partial charge on any atom is 0.369 e. The smallest absolute Gasteiger partial charge is 0.296 e. The van der Waals surface area contributed by atoms with Crippen molar-refractivity contribution in [1.82, 2.24) is 0 Å². The zero-order chi connectivity index (χ0) is 17.6. The second kappa shape index (κ2) is 8.29. The molecule has 0 amide bonds. The summed E-state index contributed by atoms with van der Waals surface area (Å²) in [5.41, 5.74) is -1.25. The number of carbonyl (C=O) groups is 2. The monoisotopic (exact) mass is 316 g/mol. The van der Waals surface area contributed by atoms with E-state index in [4.69, 9.17) is 10.5 Å². The molecule has 0 atom stereocenters. The molecule has 0 unspecified atom stereocenters. The highest BCUT2D eigenvalue weighted by Crippen LogP contribution is 2.45. The van der Waals surface area contributed by atoms with E-state index in [9.17, 15) is 9.59 Å². The van der Waals surface area contributed by atoms with Crippen LogP contribution in [-0.4, -0.2) is 22.5 Å². The van der Waals surface area contributed by atoms with Crippen molar-refractivity contribution in [3.05, 3.63) is 11.1 Å². The third kappa shape index (κ3) is 3.87. The minimum absolute atomic E-state index is 0.0604. The van der Waals surface area contributed by atoms with Crippen molar-refractivity contribution in [3.8, 4) is 0 Å². The Kier molecular flexibility index (Phi) is 7.76. The second-order valence-corrected chi connectivity index (χ2v) is 6.04. The molecule has 22 heavy (non-hydrogen) atoms. The lowest BCUT2D eigenvalue weighted by Gasteiger charge is -2.36. The Labute approximate surface area is 132 Å². The third-order valence-electron chi connectivity index (χ3n) is 5.15. The van der Waals surface area contributed by atoms with Gasteiger partial charge in [0.15, 0.2) is 0 Å². The fraction of sp³-hybridized carbons (Fsp3) is 0.750. The van der Waals surface area contributed by atoms with Gasteiger partial charge in [0.25, 0.3) is 0 Å². The normalized spacial score (nSPS) is 13.5. The summed E-state index contributed by atoms with van der Waals surface area (Å²) in [6, 6.07) is 0. The van der Waals surface area contributed by atoms with E-state index in [1.807, 2.05) is 41.5 Å². The summed E-state index contributed by atoms with van der Waals surface area (Å²) in [7, 11) is 0. The van der Waals surface area contributed by atoms with Gasteiger partial charge in [0, 0.05) is 0 Å². The summed E-state index contributed by atoms with van der Waals surface area (Å²) >= 11 is 0. The lowest BCUT2D eigenvalue weighted by Crippen LogP contribution is -2.34. The van der Waals surface area contributed by atoms with Gasteiger partial charge in [0.05, 0.1) is 11.1 Å². The first kappa shape index (κ1) is 20.6. The zero-order valence-electron chi connectivity index (χ0n) is 14.4. The van der Waals surface area contributed by atoms with Gasteiger partial charge in [-0.1, -0.05) is 41.5 Å². The van der Waals surface area contributed by atoms with Crippen LogP contribution in [0.4, 0.5) is 0 Å². The standard InChI is InChI=1S/C16H28O6/c1-7-15(5,8-2)11(13(17)21-19)12(14(18)22-20)16(6,9-3)10-4/h19-20H,7-10H2,1-6H3. The molecule has 0 radical (unpaired) electrons. The van der Waals surface area contributed by atoms with E-state index in [1.54, 1.807) is 0 Å². The van der Waals surface area contributed by atoms with E-state index in [0.717, 1.165) is 0 Å². The molecule has 0 rings (SSSR count). The Hall–Kier alpha value is -1.40. The maximum atomic E-state index is 12.2. The molecule has 6 heteroatoms. The molecule has 0 spiro atoms. The zero-order valence-corrected chi connectivity index (χ0v) is 14.4. The fourth-order valence-electron chi connectivity index (χ4n) is 2.60. The highest BCUT2D eigenvalue weighted by molar-refractivity contribution is 6.01. The Bertz CT molecular complexity index is 390. The molecular formula is C16H28O6. The first-order chi connectivity index (χ1) is 10.2. The number of hydrogen-bond acceptors (Lipinski definition) is 6. The number of rotatable bonds is 8. The lowest BCUT2D eigenvalue weighted by molar-refractivity contribution is -0.234. The number of carbonyl (C=O) groups excluding carboxylic acids is 2. The van der Waals surface area contributed by atoms with Gasteiger partial charge in [-0.2, -0.15) is 10.5 Å². The summed E-state index contributed by atoms with van der Waals surface area (Å²) in [6.07, 6.45) is 2.22. The molecule has 128 valence electrons. The van der Waals surface area contributed by atoms with Gasteiger partial charge in [0.1, 0.15) is 0 Å². The third-order valence-corrected chi connectivity index (χ3v) is 5.15. The topological polar surface area (TPSA) is 93.1 Å². The van der Waals surface area contributed by atoms with E-state index in [1.165, 1.54) is 0 Å². The van der Waals surface area contributed by atoms with Crippen LogP contribution < -0.4 is 0 Å². The first-order valence-corrected chi connectivity index (χ1v) is 7.67. The lowest BCUT2D eigenvalue weighted by atomic mass is 9.67.